The van der Waals surface area contributed by atoms with E-state index in [-0.39, 0.29) is 34.0 Å². The normalized spacial score (nSPS) is 15.4. The van der Waals surface area contributed by atoms with Crippen molar-refractivity contribution in [2.75, 3.05) is 7.11 Å². The summed E-state index contributed by atoms with van der Waals surface area (Å²) in [5.41, 5.74) is -0.236. The Bertz CT molecular complexity index is 1020. The van der Waals surface area contributed by atoms with Crippen LogP contribution in [0.2, 0.25) is 0 Å². The average Bonchev–Trinajstić information content (AvgIpc) is 2.92. The third kappa shape index (κ3) is 3.67. The molecule has 1 saturated heterocycles. The molecule has 1 aliphatic heterocycles. The fourth-order valence-corrected chi connectivity index (χ4v) is 3.39. The summed E-state index contributed by atoms with van der Waals surface area (Å²) in [4.78, 5) is 35.9. The van der Waals surface area contributed by atoms with Gasteiger partial charge in [-0.1, -0.05) is 18.2 Å². The highest BCUT2D eigenvalue weighted by atomic mass is 32.2. The number of thioether (sulfide) groups is 1. The number of benzene rings is 2. The first-order valence-electron chi connectivity index (χ1n) is 7.86. The Kier molecular flexibility index (Phi) is 5.32. The number of rotatable bonds is 5. The lowest BCUT2D eigenvalue weighted by Crippen LogP contribution is -2.27. The van der Waals surface area contributed by atoms with Crippen LogP contribution in [0.15, 0.2) is 41.3 Å². The summed E-state index contributed by atoms with van der Waals surface area (Å²) in [7, 11) is 1.23. The van der Waals surface area contributed by atoms with Crippen LogP contribution in [0.4, 0.5) is 14.9 Å². The van der Waals surface area contributed by atoms with Gasteiger partial charge in [-0.15, -0.1) is 0 Å². The van der Waals surface area contributed by atoms with Gasteiger partial charge in [0.05, 0.1) is 29.5 Å². The van der Waals surface area contributed by atoms with Crippen LogP contribution in [-0.2, 0) is 11.3 Å². The number of methoxy groups -OCH3 is 1. The molecule has 1 heterocycles. The first-order chi connectivity index (χ1) is 13.3. The number of phenols is 1. The minimum atomic E-state index is -0.692. The van der Waals surface area contributed by atoms with Gasteiger partial charge in [0.2, 0.25) is 0 Å². The fraction of sp³-hybridized carbons (Fsp3) is 0.111. The Morgan fingerprint density at radius 1 is 1.32 bits per heavy atom. The van der Waals surface area contributed by atoms with Crippen molar-refractivity contribution >= 4 is 34.7 Å². The maximum absolute atomic E-state index is 13.8. The van der Waals surface area contributed by atoms with Crippen LogP contribution in [0, 0.1) is 15.9 Å². The third-order valence-electron chi connectivity index (χ3n) is 3.97. The molecule has 1 N–H and O–H groups in total. The number of nitro benzene ring substituents is 1. The average molecular weight is 404 g/mol. The summed E-state index contributed by atoms with van der Waals surface area (Å²) in [5, 5.41) is 20.6. The second-order valence-electron chi connectivity index (χ2n) is 5.70. The van der Waals surface area contributed by atoms with E-state index in [2.05, 4.69) is 0 Å². The maximum Gasteiger partial charge on any atom is 0.293 e. The van der Waals surface area contributed by atoms with Crippen molar-refractivity contribution < 1.29 is 28.7 Å². The van der Waals surface area contributed by atoms with Crippen molar-refractivity contribution in [1.29, 1.82) is 0 Å². The number of carbonyl (C=O) groups is 2. The molecule has 0 atom stereocenters. The molecule has 1 fully saturated rings. The van der Waals surface area contributed by atoms with Crippen molar-refractivity contribution in [3.63, 3.8) is 0 Å². The molecule has 8 nitrogen and oxygen atoms in total. The van der Waals surface area contributed by atoms with E-state index in [1.54, 1.807) is 6.07 Å². The monoisotopic (exact) mass is 404 g/mol. The molecule has 2 amide bonds. The van der Waals surface area contributed by atoms with Gasteiger partial charge in [-0.25, -0.2) is 4.39 Å². The van der Waals surface area contributed by atoms with Gasteiger partial charge in [0.25, 0.3) is 16.8 Å². The number of imide groups is 1. The molecule has 0 unspecified atom stereocenters. The van der Waals surface area contributed by atoms with Gasteiger partial charge in [-0.3, -0.25) is 24.6 Å². The molecule has 1 aliphatic rings. The van der Waals surface area contributed by atoms with Gasteiger partial charge in [0.15, 0.2) is 11.5 Å². The maximum atomic E-state index is 13.8. The lowest BCUT2D eigenvalue weighted by atomic mass is 10.1. The summed E-state index contributed by atoms with van der Waals surface area (Å²) in [6.07, 6.45) is 1.16. The Labute approximate surface area is 162 Å². The number of non-ortho nitro benzene ring substituents is 1. The van der Waals surface area contributed by atoms with Gasteiger partial charge in [-0.05, 0) is 23.9 Å². The number of aromatic hydroxyl groups is 1. The molecular weight excluding hydrogens is 391 g/mol. The Morgan fingerprint density at radius 3 is 2.68 bits per heavy atom. The van der Waals surface area contributed by atoms with E-state index >= 15 is 0 Å². The van der Waals surface area contributed by atoms with Gasteiger partial charge in [-0.2, -0.15) is 0 Å². The van der Waals surface area contributed by atoms with Gasteiger partial charge >= 0.3 is 0 Å². The van der Waals surface area contributed by atoms with E-state index in [9.17, 15) is 29.2 Å². The zero-order valence-electron chi connectivity index (χ0n) is 14.4. The van der Waals surface area contributed by atoms with Crippen molar-refractivity contribution in [2.45, 2.75) is 6.54 Å². The highest BCUT2D eigenvalue weighted by Gasteiger charge is 2.35. The fourth-order valence-electron chi connectivity index (χ4n) is 2.56. The van der Waals surface area contributed by atoms with Crippen LogP contribution in [0.3, 0.4) is 0 Å². The lowest BCUT2D eigenvalue weighted by molar-refractivity contribution is -0.385. The molecule has 2 aromatic rings. The van der Waals surface area contributed by atoms with E-state index in [0.717, 1.165) is 23.1 Å². The summed E-state index contributed by atoms with van der Waals surface area (Å²) in [5.74, 6) is -1.80. The molecule has 0 spiro atoms. The smallest absolute Gasteiger partial charge is 0.293 e. The summed E-state index contributed by atoms with van der Waals surface area (Å²) in [6, 6.07) is 7.85. The highest BCUT2D eigenvalue weighted by Crippen LogP contribution is 2.39. The van der Waals surface area contributed by atoms with Crippen LogP contribution in [-0.4, -0.2) is 33.2 Å². The minimum absolute atomic E-state index is 0.0533. The molecule has 0 aromatic heterocycles. The number of nitrogens with zero attached hydrogens (tertiary/aromatic N) is 2. The molecule has 3 rings (SSSR count). The molecule has 0 radical (unpaired) electrons. The number of halogens is 1. The largest absolute Gasteiger partial charge is 0.504 e. The van der Waals surface area contributed by atoms with Gasteiger partial charge < -0.3 is 9.84 Å². The lowest BCUT2D eigenvalue weighted by Gasteiger charge is -2.12. The van der Waals surface area contributed by atoms with Gasteiger partial charge in [0, 0.05) is 17.2 Å². The van der Waals surface area contributed by atoms with Gasteiger partial charge in [0.1, 0.15) is 5.82 Å². The highest BCUT2D eigenvalue weighted by molar-refractivity contribution is 8.18. The Hall–Kier alpha value is -3.40. The van der Waals surface area contributed by atoms with Crippen molar-refractivity contribution in [1.82, 2.24) is 4.90 Å². The van der Waals surface area contributed by atoms with Crippen LogP contribution in [0.5, 0.6) is 11.5 Å². The topological polar surface area (TPSA) is 110 Å². The van der Waals surface area contributed by atoms with E-state index in [1.165, 1.54) is 25.3 Å². The number of carbonyl (C=O) groups excluding carboxylic acids is 2. The molecule has 0 aliphatic carbocycles. The minimum Gasteiger partial charge on any atom is -0.504 e. The number of hydrogen-bond donors (Lipinski definition) is 1. The van der Waals surface area contributed by atoms with E-state index in [1.807, 2.05) is 0 Å². The molecule has 0 bridgehead atoms. The van der Waals surface area contributed by atoms with E-state index < -0.39 is 27.6 Å². The molecule has 28 heavy (non-hydrogen) atoms. The second-order valence-corrected chi connectivity index (χ2v) is 6.70. The zero-order valence-corrected chi connectivity index (χ0v) is 15.2. The Balaban J connectivity index is 1.95. The number of amides is 2. The number of phenolic OH excluding ortho intramolecular Hbond substituents is 1. The molecule has 144 valence electrons. The standard InChI is InChI=1S/C18H13FN2O6S/c1-27-14-8-12(21(25)26)6-11(16(14)22)7-15-17(23)20(18(24)28-15)9-10-4-2-3-5-13(10)19/h2-8,22H,9H2,1H3/b15-7-. The number of ether oxygens (including phenoxy) is 1. The SMILES string of the molecule is COc1cc([N+](=O)[O-])cc(/C=C2\SC(=O)N(Cc3ccccc3F)C2=O)c1O. The van der Waals surface area contributed by atoms with E-state index in [0.29, 0.717) is 11.8 Å². The van der Waals surface area contributed by atoms with Crippen LogP contribution >= 0.6 is 11.8 Å². The van der Waals surface area contributed by atoms with Crippen molar-refractivity contribution in [2.24, 2.45) is 0 Å². The predicted molar refractivity (Wildman–Crippen MR) is 99.2 cm³/mol. The Morgan fingerprint density at radius 2 is 2.04 bits per heavy atom. The number of hydrogen-bond acceptors (Lipinski definition) is 7. The quantitative estimate of drug-likeness (QED) is 0.460. The van der Waals surface area contributed by atoms with Crippen LogP contribution < -0.4 is 4.74 Å². The molecular formula is C18H13FN2O6S. The summed E-state index contributed by atoms with van der Waals surface area (Å²) >= 11 is 0.592. The second kappa shape index (κ2) is 7.69. The van der Waals surface area contributed by atoms with E-state index in [4.69, 9.17) is 4.74 Å². The van der Waals surface area contributed by atoms with Crippen LogP contribution in [0.1, 0.15) is 11.1 Å². The molecule has 2 aromatic carbocycles. The zero-order chi connectivity index (χ0) is 20.4. The molecule has 0 saturated carbocycles. The first-order valence-corrected chi connectivity index (χ1v) is 8.67. The predicted octanol–water partition coefficient (Wildman–Crippen LogP) is 3.68. The third-order valence-corrected chi connectivity index (χ3v) is 4.87. The molecule has 10 heteroatoms. The van der Waals surface area contributed by atoms with Crippen LogP contribution in [0.25, 0.3) is 6.08 Å². The first kappa shape index (κ1) is 19.4. The summed E-state index contributed by atoms with van der Waals surface area (Å²) < 4.78 is 18.7. The van der Waals surface area contributed by atoms with Crippen molar-refractivity contribution in [3.05, 3.63) is 68.4 Å². The number of nitro groups is 1. The van der Waals surface area contributed by atoms with Crippen molar-refractivity contribution in [3.8, 4) is 11.5 Å². The summed E-state index contributed by atoms with van der Waals surface area (Å²) in [6.45, 7) is -0.251.